The Morgan fingerprint density at radius 3 is 2.69 bits per heavy atom. The third-order valence-corrected chi connectivity index (χ3v) is 5.54. The van der Waals surface area contributed by atoms with E-state index in [4.69, 9.17) is 22.4 Å². The second-order valence-electron chi connectivity index (χ2n) is 5.56. The average Bonchev–Trinajstić information content (AvgIpc) is 2.92. The van der Waals surface area contributed by atoms with Crippen molar-refractivity contribution < 1.29 is 13.5 Å². The van der Waals surface area contributed by atoms with E-state index in [1.165, 1.54) is 16.5 Å². The molecule has 0 unspecified atom stereocenters. The molecule has 2 aromatic heterocycles. The van der Waals surface area contributed by atoms with E-state index in [1.54, 1.807) is 30.5 Å². The van der Waals surface area contributed by atoms with Gasteiger partial charge in [0.25, 0.3) is 0 Å². The molecule has 8 heteroatoms. The predicted octanol–water partition coefficient (Wildman–Crippen LogP) is 2.28. The molecule has 0 fully saturated rings. The first-order valence-electron chi connectivity index (χ1n) is 7.76. The van der Waals surface area contributed by atoms with Crippen LogP contribution in [0, 0.1) is 11.8 Å². The lowest BCUT2D eigenvalue weighted by Gasteiger charge is -2.03. The first-order chi connectivity index (χ1) is 12.4. The van der Waals surface area contributed by atoms with Crippen LogP contribution in [-0.4, -0.2) is 29.5 Å². The minimum atomic E-state index is -3.59. The summed E-state index contributed by atoms with van der Waals surface area (Å²) < 4.78 is 26.7. The highest BCUT2D eigenvalue weighted by Gasteiger charge is 2.21. The van der Waals surface area contributed by atoms with Crippen molar-refractivity contribution in [2.45, 2.75) is 17.1 Å². The predicted molar refractivity (Wildman–Crippen MR) is 101 cm³/mol. The lowest BCUT2D eigenvalue weighted by atomic mass is 10.2. The van der Waals surface area contributed by atoms with Crippen molar-refractivity contribution in [2.75, 3.05) is 12.3 Å². The average molecular weight is 390 g/mol. The summed E-state index contributed by atoms with van der Waals surface area (Å²) in [7, 11) is -3.59. The Labute approximate surface area is 156 Å². The molecule has 2 heterocycles. The number of anilines is 1. The van der Waals surface area contributed by atoms with Gasteiger partial charge in [0.1, 0.15) is 11.6 Å². The van der Waals surface area contributed by atoms with Gasteiger partial charge in [-0.25, -0.2) is 13.4 Å². The molecule has 0 bridgehead atoms. The second-order valence-corrected chi connectivity index (χ2v) is 7.98. The highest BCUT2D eigenvalue weighted by Crippen LogP contribution is 2.25. The molecule has 0 aliphatic carbocycles. The van der Waals surface area contributed by atoms with Crippen LogP contribution >= 0.6 is 11.6 Å². The number of benzene rings is 1. The zero-order chi connectivity index (χ0) is 18.7. The summed E-state index contributed by atoms with van der Waals surface area (Å²) in [5, 5.41) is 9.26. The van der Waals surface area contributed by atoms with Crippen molar-refractivity contribution in [2.24, 2.45) is 0 Å². The fraction of sp³-hybridized carbons (Fsp3) is 0.167. The normalized spacial score (nSPS) is 11.3. The van der Waals surface area contributed by atoms with Gasteiger partial charge in [0.15, 0.2) is 15.5 Å². The first kappa shape index (κ1) is 18.3. The van der Waals surface area contributed by atoms with Gasteiger partial charge in [-0.3, -0.25) is 4.40 Å². The molecular weight excluding hydrogens is 374 g/mol. The van der Waals surface area contributed by atoms with E-state index in [0.29, 0.717) is 22.7 Å². The van der Waals surface area contributed by atoms with Crippen LogP contribution in [0.5, 0.6) is 0 Å². The van der Waals surface area contributed by atoms with Crippen molar-refractivity contribution >= 4 is 32.9 Å². The van der Waals surface area contributed by atoms with Gasteiger partial charge in [-0.15, -0.1) is 0 Å². The quantitative estimate of drug-likeness (QED) is 0.667. The van der Waals surface area contributed by atoms with Crippen molar-refractivity contribution in [3.63, 3.8) is 0 Å². The maximum absolute atomic E-state index is 12.6. The zero-order valence-corrected chi connectivity index (χ0v) is 15.3. The van der Waals surface area contributed by atoms with Gasteiger partial charge in [0.2, 0.25) is 0 Å². The number of pyridine rings is 1. The van der Waals surface area contributed by atoms with Crippen molar-refractivity contribution in [3.05, 3.63) is 58.9 Å². The summed E-state index contributed by atoms with van der Waals surface area (Å²) in [5.41, 5.74) is 7.28. The van der Waals surface area contributed by atoms with Gasteiger partial charge >= 0.3 is 0 Å². The minimum absolute atomic E-state index is 0.0546. The Balaban J connectivity index is 2.07. The molecule has 0 amide bonds. The van der Waals surface area contributed by atoms with Crippen LogP contribution in [-0.2, 0) is 15.6 Å². The van der Waals surface area contributed by atoms with E-state index < -0.39 is 9.84 Å². The number of hydrogen-bond acceptors (Lipinski definition) is 5. The number of nitrogens with two attached hydrogens (primary N) is 1. The maximum Gasteiger partial charge on any atom is 0.184 e. The van der Waals surface area contributed by atoms with Crippen molar-refractivity contribution in [1.82, 2.24) is 9.38 Å². The Morgan fingerprint density at radius 1 is 1.27 bits per heavy atom. The van der Waals surface area contributed by atoms with Gasteiger partial charge in [0, 0.05) is 12.6 Å². The van der Waals surface area contributed by atoms with E-state index in [2.05, 4.69) is 16.8 Å². The third-order valence-electron chi connectivity index (χ3n) is 3.69. The topological polar surface area (TPSA) is 97.7 Å². The molecule has 0 spiro atoms. The SMILES string of the molecule is Nc1c(CS(=O)(=O)c2ccccc2)nc2c(C#CCCO)cc(Cl)cn12. The monoisotopic (exact) mass is 389 g/mol. The Kier molecular flexibility index (Phi) is 5.18. The number of nitrogen functional groups attached to an aromatic ring is 1. The molecule has 3 rings (SSSR count). The van der Waals surface area contributed by atoms with E-state index >= 15 is 0 Å². The summed E-state index contributed by atoms with van der Waals surface area (Å²) in [6.07, 6.45) is 1.87. The number of aromatic nitrogens is 2. The van der Waals surface area contributed by atoms with Crippen LogP contribution in [0.4, 0.5) is 5.82 Å². The van der Waals surface area contributed by atoms with Gasteiger partial charge in [-0.2, -0.15) is 0 Å². The zero-order valence-electron chi connectivity index (χ0n) is 13.7. The Bertz CT molecular complexity index is 1110. The lowest BCUT2D eigenvalue weighted by molar-refractivity contribution is 0.305. The molecule has 6 nitrogen and oxygen atoms in total. The molecule has 0 aliphatic rings. The molecule has 3 N–H and O–H groups in total. The Morgan fingerprint density at radius 2 is 2.00 bits per heavy atom. The molecule has 0 radical (unpaired) electrons. The number of aliphatic hydroxyl groups excluding tert-OH is 1. The number of sulfone groups is 1. The van der Waals surface area contributed by atoms with Crippen LogP contribution in [0.3, 0.4) is 0 Å². The molecule has 0 aliphatic heterocycles. The number of rotatable bonds is 4. The summed E-state index contributed by atoms with van der Waals surface area (Å²) in [4.78, 5) is 4.58. The van der Waals surface area contributed by atoms with Gasteiger partial charge in [-0.05, 0) is 18.2 Å². The number of fused-ring (bicyclic) bond motifs is 1. The summed E-state index contributed by atoms with van der Waals surface area (Å²) in [6.45, 7) is -0.0546. The minimum Gasteiger partial charge on any atom is -0.395 e. The molecular formula is C18H16ClN3O3S. The number of halogens is 1. The smallest absolute Gasteiger partial charge is 0.184 e. The molecule has 0 saturated carbocycles. The number of nitrogens with zero attached hydrogens (tertiary/aromatic N) is 2. The third kappa shape index (κ3) is 3.68. The highest BCUT2D eigenvalue weighted by atomic mass is 35.5. The fourth-order valence-corrected chi connectivity index (χ4v) is 4.00. The fourth-order valence-electron chi connectivity index (χ4n) is 2.48. The second kappa shape index (κ2) is 7.38. The number of imidazole rings is 1. The van der Waals surface area contributed by atoms with E-state index in [0.717, 1.165) is 0 Å². The Hall–Kier alpha value is -2.53. The number of hydrogen-bond donors (Lipinski definition) is 2. The lowest BCUT2D eigenvalue weighted by Crippen LogP contribution is -2.07. The molecule has 0 atom stereocenters. The largest absolute Gasteiger partial charge is 0.395 e. The first-order valence-corrected chi connectivity index (χ1v) is 9.79. The molecule has 3 aromatic rings. The molecule has 1 aromatic carbocycles. The highest BCUT2D eigenvalue weighted by molar-refractivity contribution is 7.90. The van der Waals surface area contributed by atoms with Crippen LogP contribution in [0.15, 0.2) is 47.5 Å². The standard InChI is InChI=1S/C18H16ClN3O3S/c19-14-10-13(6-4-5-9-23)18-21-16(17(20)22(18)11-14)12-26(24,25)15-7-2-1-3-8-15/h1-3,7-8,10-11,23H,5,9,12,20H2. The van der Waals surface area contributed by atoms with E-state index in [-0.39, 0.29) is 28.8 Å². The van der Waals surface area contributed by atoms with Crippen LogP contribution < -0.4 is 5.73 Å². The maximum atomic E-state index is 12.6. The molecule has 0 saturated heterocycles. The summed E-state index contributed by atoms with van der Waals surface area (Å²) >= 11 is 6.11. The van der Waals surface area contributed by atoms with Crippen LogP contribution in [0.2, 0.25) is 5.02 Å². The van der Waals surface area contributed by atoms with E-state index in [9.17, 15) is 8.42 Å². The van der Waals surface area contributed by atoms with Gasteiger partial charge < -0.3 is 10.8 Å². The van der Waals surface area contributed by atoms with Crippen molar-refractivity contribution in [1.29, 1.82) is 0 Å². The number of aliphatic hydroxyl groups is 1. The van der Waals surface area contributed by atoms with Crippen LogP contribution in [0.1, 0.15) is 17.7 Å². The summed E-state index contributed by atoms with van der Waals surface area (Å²) in [6, 6.07) is 9.76. The summed E-state index contributed by atoms with van der Waals surface area (Å²) in [5.74, 6) is 5.56. The van der Waals surface area contributed by atoms with Gasteiger partial charge in [0.05, 0.1) is 27.8 Å². The van der Waals surface area contributed by atoms with Crippen molar-refractivity contribution in [3.8, 4) is 11.8 Å². The van der Waals surface area contributed by atoms with Crippen LogP contribution in [0.25, 0.3) is 5.65 Å². The van der Waals surface area contributed by atoms with E-state index in [1.807, 2.05) is 0 Å². The van der Waals surface area contributed by atoms with Gasteiger partial charge in [-0.1, -0.05) is 41.6 Å². The molecule has 134 valence electrons. The molecule has 26 heavy (non-hydrogen) atoms.